The highest BCUT2D eigenvalue weighted by atomic mass is 79.9. The highest BCUT2D eigenvalue weighted by Gasteiger charge is 2.16. The SMILES string of the molecule is COc1ccc(Oc2cc(Br)ccc2CCl)cc1[N+](=O)[O-]. The summed E-state index contributed by atoms with van der Waals surface area (Å²) >= 11 is 9.20. The summed E-state index contributed by atoms with van der Waals surface area (Å²) in [6, 6.07) is 9.84. The largest absolute Gasteiger partial charge is 0.490 e. The Balaban J connectivity index is 2.38. The Morgan fingerprint density at radius 1 is 1.24 bits per heavy atom. The van der Waals surface area contributed by atoms with Crippen molar-refractivity contribution in [2.75, 3.05) is 7.11 Å². The van der Waals surface area contributed by atoms with Gasteiger partial charge in [-0.15, -0.1) is 11.6 Å². The fourth-order valence-corrected chi connectivity index (χ4v) is 2.30. The van der Waals surface area contributed by atoms with E-state index in [1.165, 1.54) is 19.2 Å². The second-order valence-corrected chi connectivity index (χ2v) is 5.26. The van der Waals surface area contributed by atoms with Gasteiger partial charge < -0.3 is 9.47 Å². The third kappa shape index (κ3) is 3.65. The highest BCUT2D eigenvalue weighted by Crippen LogP contribution is 2.35. The Hall–Kier alpha value is -1.79. The van der Waals surface area contributed by atoms with Gasteiger partial charge in [0.25, 0.3) is 0 Å². The van der Waals surface area contributed by atoms with Gasteiger partial charge in [-0.05, 0) is 24.3 Å². The van der Waals surface area contributed by atoms with Crippen molar-refractivity contribution in [2.45, 2.75) is 5.88 Å². The van der Waals surface area contributed by atoms with Crippen LogP contribution in [0.25, 0.3) is 0 Å². The van der Waals surface area contributed by atoms with Gasteiger partial charge in [0.2, 0.25) is 0 Å². The van der Waals surface area contributed by atoms with Gasteiger partial charge in [0.05, 0.1) is 24.0 Å². The maximum Gasteiger partial charge on any atom is 0.314 e. The Bertz CT molecular complexity index is 678. The molecule has 0 bridgehead atoms. The molecule has 0 aromatic heterocycles. The van der Waals surface area contributed by atoms with Gasteiger partial charge in [0, 0.05) is 10.0 Å². The van der Waals surface area contributed by atoms with Crippen LogP contribution in [0.5, 0.6) is 17.2 Å². The minimum atomic E-state index is -0.519. The van der Waals surface area contributed by atoms with Crippen molar-refractivity contribution in [3.8, 4) is 17.2 Å². The number of hydrogen-bond acceptors (Lipinski definition) is 4. The number of nitro groups is 1. The van der Waals surface area contributed by atoms with Crippen molar-refractivity contribution in [3.05, 3.63) is 56.5 Å². The molecular weight excluding hydrogens is 362 g/mol. The molecule has 0 spiro atoms. The Labute approximate surface area is 134 Å². The lowest BCUT2D eigenvalue weighted by Crippen LogP contribution is -1.95. The summed E-state index contributed by atoms with van der Waals surface area (Å²) in [4.78, 5) is 10.5. The molecule has 0 amide bonds. The topological polar surface area (TPSA) is 61.6 Å². The average molecular weight is 373 g/mol. The summed E-state index contributed by atoms with van der Waals surface area (Å²) in [6.45, 7) is 0. The number of hydrogen-bond donors (Lipinski definition) is 0. The second-order valence-electron chi connectivity index (χ2n) is 4.08. The fraction of sp³-hybridized carbons (Fsp3) is 0.143. The fourth-order valence-electron chi connectivity index (χ4n) is 1.74. The summed E-state index contributed by atoms with van der Waals surface area (Å²) in [7, 11) is 1.38. The minimum Gasteiger partial charge on any atom is -0.490 e. The molecule has 5 nitrogen and oxygen atoms in total. The predicted octanol–water partition coefficient (Wildman–Crippen LogP) is 4.90. The van der Waals surface area contributed by atoms with Gasteiger partial charge in [-0.25, -0.2) is 0 Å². The van der Waals surface area contributed by atoms with E-state index < -0.39 is 4.92 Å². The molecular formula is C14H11BrClNO4. The normalized spacial score (nSPS) is 10.2. The van der Waals surface area contributed by atoms with Crippen LogP contribution in [0.4, 0.5) is 5.69 Å². The van der Waals surface area contributed by atoms with Crippen LogP contribution in [0.1, 0.15) is 5.56 Å². The van der Waals surface area contributed by atoms with E-state index in [0.717, 1.165) is 10.0 Å². The predicted molar refractivity (Wildman–Crippen MR) is 83.4 cm³/mol. The molecule has 2 aromatic carbocycles. The van der Waals surface area contributed by atoms with Gasteiger partial charge >= 0.3 is 5.69 Å². The van der Waals surface area contributed by atoms with Crippen LogP contribution < -0.4 is 9.47 Å². The van der Waals surface area contributed by atoms with E-state index in [4.69, 9.17) is 21.1 Å². The highest BCUT2D eigenvalue weighted by molar-refractivity contribution is 9.10. The van der Waals surface area contributed by atoms with E-state index in [0.29, 0.717) is 11.5 Å². The summed E-state index contributed by atoms with van der Waals surface area (Å²) in [5, 5.41) is 11.0. The Kier molecular flexibility index (Phi) is 5.03. The average Bonchev–Trinajstić information content (AvgIpc) is 2.47. The first-order chi connectivity index (χ1) is 10.0. The molecule has 0 N–H and O–H groups in total. The number of alkyl halides is 1. The van der Waals surface area contributed by atoms with E-state index in [1.807, 2.05) is 12.1 Å². The first-order valence-corrected chi connectivity index (χ1v) is 7.22. The number of rotatable bonds is 5. The number of nitrogens with zero attached hydrogens (tertiary/aromatic N) is 1. The molecule has 0 aliphatic carbocycles. The van der Waals surface area contributed by atoms with Crippen molar-refractivity contribution in [1.82, 2.24) is 0 Å². The third-order valence-corrected chi connectivity index (χ3v) is 3.53. The summed E-state index contributed by atoms with van der Waals surface area (Å²) < 4.78 is 11.5. The van der Waals surface area contributed by atoms with E-state index in [9.17, 15) is 10.1 Å². The monoisotopic (exact) mass is 371 g/mol. The van der Waals surface area contributed by atoms with E-state index >= 15 is 0 Å². The second kappa shape index (κ2) is 6.78. The molecule has 0 radical (unpaired) electrons. The molecule has 0 fully saturated rings. The molecule has 7 heteroatoms. The van der Waals surface area contributed by atoms with Crippen LogP contribution in [0.2, 0.25) is 0 Å². The van der Waals surface area contributed by atoms with Crippen LogP contribution in [0, 0.1) is 10.1 Å². The number of methoxy groups -OCH3 is 1. The minimum absolute atomic E-state index is 0.155. The van der Waals surface area contributed by atoms with Gasteiger partial charge in [0.1, 0.15) is 11.5 Å². The summed E-state index contributed by atoms with van der Waals surface area (Å²) in [5.41, 5.74) is 0.635. The Morgan fingerprint density at radius 2 is 2.00 bits per heavy atom. The van der Waals surface area contributed by atoms with E-state index in [-0.39, 0.29) is 17.3 Å². The molecule has 0 saturated heterocycles. The molecule has 0 aliphatic rings. The van der Waals surface area contributed by atoms with Crippen LogP contribution in [-0.2, 0) is 5.88 Å². The zero-order chi connectivity index (χ0) is 15.4. The van der Waals surface area contributed by atoms with E-state index in [1.54, 1.807) is 12.1 Å². The van der Waals surface area contributed by atoms with E-state index in [2.05, 4.69) is 15.9 Å². The number of nitro benzene ring substituents is 1. The van der Waals surface area contributed by atoms with Gasteiger partial charge in [-0.1, -0.05) is 22.0 Å². The number of ether oxygens (including phenoxy) is 2. The molecule has 0 aliphatic heterocycles. The van der Waals surface area contributed by atoms with Gasteiger partial charge in [-0.3, -0.25) is 10.1 Å². The first-order valence-electron chi connectivity index (χ1n) is 5.90. The molecule has 21 heavy (non-hydrogen) atoms. The lowest BCUT2D eigenvalue weighted by Gasteiger charge is -2.11. The van der Waals surface area contributed by atoms with Crippen LogP contribution in [0.15, 0.2) is 40.9 Å². The van der Waals surface area contributed by atoms with Gasteiger partial charge in [-0.2, -0.15) is 0 Å². The third-order valence-electron chi connectivity index (χ3n) is 2.75. The zero-order valence-electron chi connectivity index (χ0n) is 11.0. The molecule has 2 aromatic rings. The maximum absolute atomic E-state index is 11.0. The van der Waals surface area contributed by atoms with Gasteiger partial charge in [0.15, 0.2) is 5.75 Å². The molecule has 2 rings (SSSR count). The van der Waals surface area contributed by atoms with Crippen molar-refractivity contribution in [1.29, 1.82) is 0 Å². The Morgan fingerprint density at radius 3 is 2.62 bits per heavy atom. The van der Waals surface area contributed by atoms with Crippen molar-refractivity contribution < 1.29 is 14.4 Å². The summed E-state index contributed by atoms with van der Waals surface area (Å²) in [5.74, 6) is 1.34. The quantitative estimate of drug-likeness (QED) is 0.425. The molecule has 0 unspecified atom stereocenters. The first kappa shape index (κ1) is 15.6. The molecule has 110 valence electrons. The van der Waals surface area contributed by atoms with Crippen LogP contribution in [0.3, 0.4) is 0 Å². The molecule has 0 heterocycles. The van der Waals surface area contributed by atoms with Crippen LogP contribution >= 0.6 is 27.5 Å². The number of halogens is 2. The zero-order valence-corrected chi connectivity index (χ0v) is 13.3. The number of benzene rings is 2. The van der Waals surface area contributed by atoms with Crippen molar-refractivity contribution >= 4 is 33.2 Å². The van der Waals surface area contributed by atoms with Crippen LogP contribution in [-0.4, -0.2) is 12.0 Å². The lowest BCUT2D eigenvalue weighted by molar-refractivity contribution is -0.385. The molecule has 0 saturated carbocycles. The lowest BCUT2D eigenvalue weighted by atomic mass is 10.2. The van der Waals surface area contributed by atoms with Crippen molar-refractivity contribution in [2.24, 2.45) is 0 Å². The molecule has 0 atom stereocenters. The standard InChI is InChI=1S/C14H11BrClNO4/c1-20-13-5-4-11(7-12(13)17(18)19)21-14-6-10(15)3-2-9(14)8-16/h2-7H,8H2,1H3. The smallest absolute Gasteiger partial charge is 0.314 e. The summed E-state index contributed by atoms with van der Waals surface area (Å²) in [6.07, 6.45) is 0. The van der Waals surface area contributed by atoms with Crippen molar-refractivity contribution in [3.63, 3.8) is 0 Å². The maximum atomic E-state index is 11.0.